The van der Waals surface area contributed by atoms with Crippen molar-refractivity contribution in [2.24, 2.45) is 0 Å². The largest absolute Gasteiger partial charge is 0.388 e. The van der Waals surface area contributed by atoms with Crippen LogP contribution in [-0.2, 0) is 9.84 Å². The number of aliphatic hydroxyl groups is 1. The number of para-hydroxylation sites is 1. The number of benzene rings is 1. The van der Waals surface area contributed by atoms with Gasteiger partial charge < -0.3 is 10.4 Å². The summed E-state index contributed by atoms with van der Waals surface area (Å²) >= 11 is 0. The maximum Gasteiger partial charge on any atom is 0.341 e. The van der Waals surface area contributed by atoms with E-state index in [-0.39, 0.29) is 5.69 Å². The average Bonchev–Trinajstić information content (AvgIpc) is 2.28. The van der Waals surface area contributed by atoms with Crippen molar-refractivity contribution in [2.45, 2.75) is 43.1 Å². The molecule has 1 aromatic rings. The van der Waals surface area contributed by atoms with Gasteiger partial charge in [0.1, 0.15) is 0 Å². The van der Waals surface area contributed by atoms with Gasteiger partial charge in [0.05, 0.1) is 22.2 Å². The van der Waals surface area contributed by atoms with Crippen molar-refractivity contribution >= 4 is 15.5 Å². The van der Waals surface area contributed by atoms with E-state index in [0.717, 1.165) is 6.07 Å². The van der Waals surface area contributed by atoms with Gasteiger partial charge in [-0.15, -0.1) is 0 Å². The number of alkyl halides is 2. The highest BCUT2D eigenvalue weighted by molar-refractivity contribution is 7.91. The standard InChI is InChI=1S/C12H17F2NO3S/c1-8(12(2,3)16)15-9-6-4-5-7-10(9)19(17,18)11(13)14/h4-8,11,15-16H,1-3H3. The summed E-state index contributed by atoms with van der Waals surface area (Å²) in [5, 5.41) is 12.5. The van der Waals surface area contributed by atoms with E-state index >= 15 is 0 Å². The second kappa shape index (κ2) is 5.42. The van der Waals surface area contributed by atoms with Crippen molar-refractivity contribution in [1.29, 1.82) is 0 Å². The van der Waals surface area contributed by atoms with Crippen LogP contribution in [0.25, 0.3) is 0 Å². The second-order valence-electron chi connectivity index (χ2n) is 4.82. The molecule has 0 saturated carbocycles. The van der Waals surface area contributed by atoms with Crippen LogP contribution in [0, 0.1) is 0 Å². The summed E-state index contributed by atoms with van der Waals surface area (Å²) in [6, 6.07) is 4.89. The summed E-state index contributed by atoms with van der Waals surface area (Å²) in [7, 11) is -4.68. The first-order valence-corrected chi connectivity index (χ1v) is 7.21. The molecule has 1 atom stereocenters. The zero-order chi connectivity index (χ0) is 14.8. The Bertz CT molecular complexity index is 538. The van der Waals surface area contributed by atoms with Crippen molar-refractivity contribution < 1.29 is 22.3 Å². The molecule has 0 heterocycles. The lowest BCUT2D eigenvalue weighted by Gasteiger charge is -2.28. The van der Waals surface area contributed by atoms with E-state index in [1.807, 2.05) is 0 Å². The van der Waals surface area contributed by atoms with Gasteiger partial charge in [0.15, 0.2) is 0 Å². The van der Waals surface area contributed by atoms with Crippen molar-refractivity contribution in [1.82, 2.24) is 0 Å². The second-order valence-corrected chi connectivity index (χ2v) is 6.71. The third-order valence-electron chi connectivity index (χ3n) is 2.86. The maximum atomic E-state index is 12.6. The van der Waals surface area contributed by atoms with Crippen LogP contribution in [-0.4, -0.2) is 30.9 Å². The fraction of sp³-hybridized carbons (Fsp3) is 0.500. The fourth-order valence-corrected chi connectivity index (χ4v) is 2.23. The molecule has 7 heteroatoms. The quantitative estimate of drug-likeness (QED) is 0.874. The molecular formula is C12H17F2NO3S. The Morgan fingerprint density at radius 2 is 1.79 bits per heavy atom. The zero-order valence-electron chi connectivity index (χ0n) is 10.9. The Morgan fingerprint density at radius 3 is 2.26 bits per heavy atom. The summed E-state index contributed by atoms with van der Waals surface area (Å²) in [5.41, 5.74) is -1.07. The van der Waals surface area contributed by atoms with Gasteiger partial charge in [-0.05, 0) is 32.9 Å². The zero-order valence-corrected chi connectivity index (χ0v) is 11.7. The molecule has 1 unspecified atom stereocenters. The van der Waals surface area contributed by atoms with Crippen LogP contribution >= 0.6 is 0 Å². The number of hydrogen-bond donors (Lipinski definition) is 2. The van der Waals surface area contributed by atoms with E-state index in [9.17, 15) is 22.3 Å². The van der Waals surface area contributed by atoms with Crippen LogP contribution in [0.5, 0.6) is 0 Å². The molecule has 0 aliphatic carbocycles. The van der Waals surface area contributed by atoms with E-state index in [1.54, 1.807) is 6.92 Å². The summed E-state index contributed by atoms with van der Waals surface area (Å²) < 4.78 is 48.2. The molecule has 0 aromatic heterocycles. The lowest BCUT2D eigenvalue weighted by molar-refractivity contribution is 0.0648. The normalized spacial score (nSPS) is 14.5. The van der Waals surface area contributed by atoms with Crippen molar-refractivity contribution in [3.63, 3.8) is 0 Å². The number of halogens is 2. The van der Waals surface area contributed by atoms with Gasteiger partial charge >= 0.3 is 5.76 Å². The summed E-state index contributed by atoms with van der Waals surface area (Å²) in [5.74, 6) is -3.48. The predicted molar refractivity (Wildman–Crippen MR) is 69.0 cm³/mol. The van der Waals surface area contributed by atoms with Crippen LogP contribution in [0.3, 0.4) is 0 Å². The first kappa shape index (κ1) is 15.8. The van der Waals surface area contributed by atoms with Crippen LogP contribution < -0.4 is 5.32 Å². The molecule has 2 N–H and O–H groups in total. The summed E-state index contributed by atoms with van der Waals surface area (Å²) in [6.45, 7) is 4.70. The van der Waals surface area contributed by atoms with E-state index in [1.165, 1.54) is 32.0 Å². The highest BCUT2D eigenvalue weighted by Gasteiger charge is 2.30. The van der Waals surface area contributed by atoms with Crippen molar-refractivity contribution in [2.75, 3.05) is 5.32 Å². The Morgan fingerprint density at radius 1 is 1.26 bits per heavy atom. The molecule has 0 saturated heterocycles. The Labute approximate surface area is 111 Å². The lowest BCUT2D eigenvalue weighted by Crippen LogP contribution is -2.39. The molecule has 19 heavy (non-hydrogen) atoms. The lowest BCUT2D eigenvalue weighted by atomic mass is 10.0. The third kappa shape index (κ3) is 3.63. The fourth-order valence-electron chi connectivity index (χ4n) is 1.34. The first-order valence-electron chi connectivity index (χ1n) is 5.67. The Kier molecular flexibility index (Phi) is 4.52. The summed E-state index contributed by atoms with van der Waals surface area (Å²) in [4.78, 5) is -0.471. The van der Waals surface area contributed by atoms with Gasteiger partial charge in [0, 0.05) is 0 Å². The van der Waals surface area contributed by atoms with Gasteiger partial charge in [0.25, 0.3) is 0 Å². The van der Waals surface area contributed by atoms with Gasteiger partial charge in [-0.2, -0.15) is 8.78 Å². The molecular weight excluding hydrogens is 276 g/mol. The van der Waals surface area contributed by atoms with E-state index in [2.05, 4.69) is 5.32 Å². The number of hydrogen-bond acceptors (Lipinski definition) is 4. The SMILES string of the molecule is CC(Nc1ccccc1S(=O)(=O)C(F)F)C(C)(C)O. The maximum absolute atomic E-state index is 12.6. The van der Waals surface area contributed by atoms with Gasteiger partial charge in [0.2, 0.25) is 9.84 Å². The Balaban J connectivity index is 3.18. The molecule has 1 aromatic carbocycles. The minimum Gasteiger partial charge on any atom is -0.388 e. The molecule has 0 fully saturated rings. The monoisotopic (exact) mass is 293 g/mol. The van der Waals surface area contributed by atoms with E-state index < -0.39 is 32.1 Å². The third-order valence-corrected chi connectivity index (χ3v) is 4.30. The molecule has 0 spiro atoms. The van der Waals surface area contributed by atoms with E-state index in [0.29, 0.717) is 0 Å². The minimum absolute atomic E-state index is 0.0532. The number of sulfone groups is 1. The van der Waals surface area contributed by atoms with Crippen LogP contribution in [0.1, 0.15) is 20.8 Å². The molecule has 0 aliphatic rings. The molecule has 4 nitrogen and oxygen atoms in total. The summed E-state index contributed by atoms with van der Waals surface area (Å²) in [6.07, 6.45) is 0. The van der Waals surface area contributed by atoms with Crippen LogP contribution in [0.15, 0.2) is 29.2 Å². The topological polar surface area (TPSA) is 66.4 Å². The van der Waals surface area contributed by atoms with Gasteiger partial charge in [-0.25, -0.2) is 8.42 Å². The number of rotatable bonds is 5. The molecule has 0 aliphatic heterocycles. The molecule has 0 amide bonds. The average molecular weight is 293 g/mol. The first-order chi connectivity index (χ1) is 8.56. The highest BCUT2D eigenvalue weighted by atomic mass is 32.2. The Hall–Kier alpha value is -1.21. The van der Waals surface area contributed by atoms with Crippen molar-refractivity contribution in [3.8, 4) is 0 Å². The smallest absolute Gasteiger partial charge is 0.341 e. The highest BCUT2D eigenvalue weighted by Crippen LogP contribution is 2.27. The van der Waals surface area contributed by atoms with Crippen LogP contribution in [0.4, 0.5) is 14.5 Å². The molecule has 108 valence electrons. The van der Waals surface area contributed by atoms with Gasteiger partial charge in [-0.1, -0.05) is 12.1 Å². The van der Waals surface area contributed by atoms with E-state index in [4.69, 9.17) is 0 Å². The van der Waals surface area contributed by atoms with Crippen LogP contribution in [0.2, 0.25) is 0 Å². The number of anilines is 1. The molecule has 1 rings (SSSR count). The van der Waals surface area contributed by atoms with Crippen molar-refractivity contribution in [3.05, 3.63) is 24.3 Å². The van der Waals surface area contributed by atoms with Gasteiger partial charge in [-0.3, -0.25) is 0 Å². The molecule has 0 radical (unpaired) electrons. The molecule has 0 bridgehead atoms. The minimum atomic E-state index is -4.68. The predicted octanol–water partition coefficient (Wildman–Crippen LogP) is 2.25. The number of nitrogens with one attached hydrogen (secondary N) is 1.